The Morgan fingerprint density at radius 2 is 1.55 bits per heavy atom. The predicted molar refractivity (Wildman–Crippen MR) is 168 cm³/mol. The minimum atomic E-state index is -4.31. The molecule has 2 amide bonds. The maximum Gasteiger partial charge on any atom is 0.264 e. The monoisotopic (exact) mass is 617 g/mol. The van der Waals surface area contributed by atoms with Gasteiger partial charge in [0.05, 0.1) is 17.2 Å². The van der Waals surface area contributed by atoms with E-state index >= 15 is 0 Å². The minimum Gasteiger partial charge on any atom is -0.494 e. The van der Waals surface area contributed by atoms with E-state index in [1.165, 1.54) is 48.3 Å². The molecule has 4 aromatic rings. The Labute approximate surface area is 258 Å². The molecule has 0 aliphatic heterocycles. The van der Waals surface area contributed by atoms with Crippen LogP contribution in [0.4, 0.5) is 10.1 Å². The molecule has 0 bridgehead atoms. The number of carbonyl (C=O) groups excluding carboxylic acids is 2. The Bertz CT molecular complexity index is 1660. The molecule has 1 N–H and O–H groups in total. The Kier molecular flexibility index (Phi) is 10.7. The standard InChI is InChI=1S/C34H36FN3O5S/c1-4-43-30-17-19-31(20-18-30)44(41,42)38(29-15-13-28(35)14-16-29)24-33(39)37(23-27-12-8-9-25(2)21-27)32(34(40)36-3)22-26-10-6-5-7-11-26/h5-21,32H,4,22-24H2,1-3H3,(H,36,40)/t32-/m0/s1. The van der Waals surface area contributed by atoms with Gasteiger partial charge < -0.3 is 15.0 Å². The fourth-order valence-electron chi connectivity index (χ4n) is 4.87. The second-order valence-corrected chi connectivity index (χ2v) is 12.1. The van der Waals surface area contributed by atoms with Crippen LogP contribution in [0.25, 0.3) is 0 Å². The van der Waals surface area contributed by atoms with Gasteiger partial charge in [0, 0.05) is 20.0 Å². The first kappa shape index (κ1) is 32.2. The first-order chi connectivity index (χ1) is 21.1. The molecule has 0 unspecified atom stereocenters. The first-order valence-electron chi connectivity index (χ1n) is 14.2. The van der Waals surface area contributed by atoms with Crippen molar-refractivity contribution in [1.29, 1.82) is 0 Å². The lowest BCUT2D eigenvalue weighted by atomic mass is 10.0. The molecule has 8 nitrogen and oxygen atoms in total. The van der Waals surface area contributed by atoms with Crippen molar-refractivity contribution in [3.63, 3.8) is 0 Å². The van der Waals surface area contributed by atoms with Gasteiger partial charge in [-0.3, -0.25) is 13.9 Å². The summed E-state index contributed by atoms with van der Waals surface area (Å²) in [7, 11) is -2.81. The molecule has 4 rings (SSSR count). The predicted octanol–water partition coefficient (Wildman–Crippen LogP) is 5.11. The highest BCUT2D eigenvalue weighted by Crippen LogP contribution is 2.27. The molecule has 0 aliphatic carbocycles. The second-order valence-electron chi connectivity index (χ2n) is 10.2. The van der Waals surface area contributed by atoms with Gasteiger partial charge in [-0.25, -0.2) is 12.8 Å². The van der Waals surface area contributed by atoms with Crippen LogP contribution in [0.2, 0.25) is 0 Å². The van der Waals surface area contributed by atoms with Gasteiger partial charge in [0.2, 0.25) is 11.8 Å². The number of halogens is 1. The quantitative estimate of drug-likeness (QED) is 0.225. The first-order valence-corrected chi connectivity index (χ1v) is 15.7. The third-order valence-corrected chi connectivity index (χ3v) is 8.86. The van der Waals surface area contributed by atoms with Crippen molar-refractivity contribution in [2.45, 2.75) is 37.8 Å². The summed E-state index contributed by atoms with van der Waals surface area (Å²) in [5, 5.41) is 2.66. The summed E-state index contributed by atoms with van der Waals surface area (Å²) in [4.78, 5) is 29.0. The van der Waals surface area contributed by atoms with Crippen LogP contribution in [0.15, 0.2) is 108 Å². The topological polar surface area (TPSA) is 96.0 Å². The normalized spacial score (nSPS) is 11.8. The van der Waals surface area contributed by atoms with Crippen LogP contribution in [0, 0.1) is 12.7 Å². The number of amides is 2. The van der Waals surface area contributed by atoms with Gasteiger partial charge in [-0.05, 0) is 73.5 Å². The molecule has 44 heavy (non-hydrogen) atoms. The average molecular weight is 618 g/mol. The number of hydrogen-bond donors (Lipinski definition) is 1. The van der Waals surface area contributed by atoms with Crippen LogP contribution in [-0.4, -0.2) is 51.4 Å². The second kappa shape index (κ2) is 14.7. The molecule has 230 valence electrons. The van der Waals surface area contributed by atoms with E-state index in [1.54, 1.807) is 0 Å². The highest BCUT2D eigenvalue weighted by atomic mass is 32.2. The van der Waals surface area contributed by atoms with Gasteiger partial charge in [0.1, 0.15) is 24.2 Å². The van der Waals surface area contributed by atoms with Crippen LogP contribution < -0.4 is 14.4 Å². The van der Waals surface area contributed by atoms with Crippen molar-refractivity contribution in [2.75, 3.05) is 24.5 Å². The van der Waals surface area contributed by atoms with Crippen LogP contribution in [0.1, 0.15) is 23.6 Å². The third kappa shape index (κ3) is 8.02. The minimum absolute atomic E-state index is 0.0613. The fourth-order valence-corrected chi connectivity index (χ4v) is 6.28. The molecule has 10 heteroatoms. The van der Waals surface area contributed by atoms with Gasteiger partial charge in [-0.1, -0.05) is 60.2 Å². The van der Waals surface area contributed by atoms with E-state index in [0.717, 1.165) is 33.1 Å². The zero-order valence-electron chi connectivity index (χ0n) is 24.9. The van der Waals surface area contributed by atoms with Gasteiger partial charge in [0.15, 0.2) is 0 Å². The van der Waals surface area contributed by atoms with Crippen molar-refractivity contribution in [3.8, 4) is 5.75 Å². The number of aryl methyl sites for hydroxylation is 1. The van der Waals surface area contributed by atoms with Crippen molar-refractivity contribution in [3.05, 3.63) is 126 Å². The van der Waals surface area contributed by atoms with Crippen LogP contribution in [0.3, 0.4) is 0 Å². The van der Waals surface area contributed by atoms with Crippen molar-refractivity contribution >= 4 is 27.5 Å². The highest BCUT2D eigenvalue weighted by Gasteiger charge is 2.34. The number of ether oxygens (including phenoxy) is 1. The summed E-state index contributed by atoms with van der Waals surface area (Å²) >= 11 is 0. The van der Waals surface area contributed by atoms with Crippen LogP contribution >= 0.6 is 0 Å². The summed E-state index contributed by atoms with van der Waals surface area (Å²) in [6, 6.07) is 26.6. The molecule has 0 fully saturated rings. The van der Waals surface area contributed by atoms with Crippen LogP contribution in [0.5, 0.6) is 5.75 Å². The Morgan fingerprint density at radius 1 is 0.886 bits per heavy atom. The number of benzene rings is 4. The summed E-state index contributed by atoms with van der Waals surface area (Å²) in [5.74, 6) is -1.05. The molecule has 1 atom stereocenters. The number of rotatable bonds is 13. The maximum absolute atomic E-state index is 14.3. The highest BCUT2D eigenvalue weighted by molar-refractivity contribution is 7.92. The Morgan fingerprint density at radius 3 is 2.16 bits per heavy atom. The average Bonchev–Trinajstić information content (AvgIpc) is 3.02. The summed E-state index contributed by atoms with van der Waals surface area (Å²) in [6.07, 6.45) is 0.209. The number of sulfonamides is 1. The smallest absolute Gasteiger partial charge is 0.264 e. The molecule has 0 saturated carbocycles. The molecular formula is C34H36FN3O5S. The number of carbonyl (C=O) groups is 2. The Balaban J connectivity index is 1.77. The fraction of sp³-hybridized carbons (Fsp3) is 0.235. The summed E-state index contributed by atoms with van der Waals surface area (Å²) < 4.78 is 48.4. The van der Waals surface area contributed by atoms with E-state index in [0.29, 0.717) is 12.4 Å². The van der Waals surface area contributed by atoms with Gasteiger partial charge in [-0.2, -0.15) is 0 Å². The molecule has 4 aromatic carbocycles. The van der Waals surface area contributed by atoms with E-state index in [-0.39, 0.29) is 23.5 Å². The van der Waals surface area contributed by atoms with Crippen molar-refractivity contribution < 1.29 is 27.1 Å². The van der Waals surface area contributed by atoms with Gasteiger partial charge in [0.25, 0.3) is 10.0 Å². The summed E-state index contributed by atoms with van der Waals surface area (Å²) in [6.45, 7) is 3.59. The number of nitrogens with zero attached hydrogens (tertiary/aromatic N) is 2. The number of likely N-dealkylation sites (N-methyl/N-ethyl adjacent to an activating group) is 1. The van der Waals surface area contributed by atoms with E-state index in [2.05, 4.69) is 5.32 Å². The van der Waals surface area contributed by atoms with Gasteiger partial charge in [-0.15, -0.1) is 0 Å². The third-order valence-electron chi connectivity index (χ3n) is 7.07. The number of anilines is 1. The van der Waals surface area contributed by atoms with Crippen molar-refractivity contribution in [1.82, 2.24) is 10.2 Å². The molecule has 0 saturated heterocycles. The maximum atomic E-state index is 14.3. The molecule has 0 aromatic heterocycles. The van der Waals surface area contributed by atoms with Gasteiger partial charge >= 0.3 is 0 Å². The van der Waals surface area contributed by atoms with E-state index in [9.17, 15) is 22.4 Å². The van der Waals surface area contributed by atoms with E-state index in [1.807, 2.05) is 68.4 Å². The number of hydrogen-bond acceptors (Lipinski definition) is 5. The lowest BCUT2D eigenvalue weighted by Gasteiger charge is -2.33. The zero-order chi connectivity index (χ0) is 31.7. The Hall–Kier alpha value is -4.70. The largest absolute Gasteiger partial charge is 0.494 e. The number of nitrogens with one attached hydrogen (secondary N) is 1. The molecule has 0 radical (unpaired) electrons. The lowest BCUT2D eigenvalue weighted by molar-refractivity contribution is -0.139. The zero-order valence-corrected chi connectivity index (χ0v) is 25.8. The molecule has 0 aliphatic rings. The SMILES string of the molecule is CCOc1ccc(S(=O)(=O)N(CC(=O)N(Cc2cccc(C)c2)[C@@H](Cc2ccccc2)C(=O)NC)c2ccc(F)cc2)cc1. The van der Waals surface area contributed by atoms with E-state index in [4.69, 9.17) is 4.74 Å². The van der Waals surface area contributed by atoms with Crippen LogP contribution in [-0.2, 0) is 32.6 Å². The van der Waals surface area contributed by atoms with Crippen molar-refractivity contribution in [2.24, 2.45) is 0 Å². The molecular weight excluding hydrogens is 581 g/mol. The summed E-state index contributed by atoms with van der Waals surface area (Å²) in [5.41, 5.74) is 2.69. The van der Waals surface area contributed by atoms with E-state index < -0.39 is 40.2 Å². The lowest BCUT2D eigenvalue weighted by Crippen LogP contribution is -2.53. The molecule has 0 spiro atoms. The molecule has 0 heterocycles.